The number of amides is 1. The van der Waals surface area contributed by atoms with Gasteiger partial charge in [0, 0.05) is 31.4 Å². The Kier molecular flexibility index (Phi) is 7.54. The van der Waals surface area contributed by atoms with Crippen LogP contribution in [0.4, 0.5) is 36.2 Å². The van der Waals surface area contributed by atoms with Crippen molar-refractivity contribution < 1.29 is 27.4 Å². The van der Waals surface area contributed by atoms with Gasteiger partial charge in [0.15, 0.2) is 12.4 Å². The van der Waals surface area contributed by atoms with Crippen LogP contribution in [0.25, 0.3) is 0 Å². The van der Waals surface area contributed by atoms with E-state index in [1.165, 1.54) is 0 Å². The number of carbonyl (C=O) groups excluding carboxylic acids is 1. The Labute approximate surface area is 254 Å². The Morgan fingerprint density at radius 1 is 1.00 bits per heavy atom. The molecule has 1 spiro atoms. The van der Waals surface area contributed by atoms with Gasteiger partial charge in [-0.25, -0.2) is 9.97 Å². The van der Waals surface area contributed by atoms with Crippen LogP contribution in [0.1, 0.15) is 69.2 Å². The van der Waals surface area contributed by atoms with Gasteiger partial charge in [0.2, 0.25) is 5.91 Å². The third-order valence-corrected chi connectivity index (χ3v) is 9.58. The van der Waals surface area contributed by atoms with Crippen LogP contribution >= 0.6 is 0 Å². The Bertz CT molecular complexity index is 1400. The highest BCUT2D eigenvalue weighted by molar-refractivity contribution is 6.13. The van der Waals surface area contributed by atoms with Crippen molar-refractivity contribution in [2.75, 3.05) is 48.0 Å². The van der Waals surface area contributed by atoms with Gasteiger partial charge >= 0.3 is 6.18 Å². The fourth-order valence-electron chi connectivity index (χ4n) is 7.16. The largest absolute Gasteiger partial charge is 0.457 e. The first-order chi connectivity index (χ1) is 21.2. The van der Waals surface area contributed by atoms with E-state index < -0.39 is 23.7 Å². The van der Waals surface area contributed by atoms with Gasteiger partial charge in [0.05, 0.1) is 29.9 Å². The zero-order valence-electron chi connectivity index (χ0n) is 24.7. The molecule has 236 valence electrons. The Hall–Kier alpha value is -3.61. The molecule has 10 nitrogen and oxygen atoms in total. The van der Waals surface area contributed by atoms with Crippen LogP contribution in [0.5, 0.6) is 0 Å². The lowest BCUT2D eigenvalue weighted by Gasteiger charge is -2.33. The van der Waals surface area contributed by atoms with Crippen LogP contribution < -0.4 is 15.1 Å². The number of rotatable bonds is 6. The average Bonchev–Trinajstić information content (AvgIpc) is 3.63. The minimum Gasteiger partial charge on any atom is -0.457 e. The van der Waals surface area contributed by atoms with Gasteiger partial charge in [-0.2, -0.15) is 13.2 Å². The van der Waals surface area contributed by atoms with Crippen molar-refractivity contribution >= 4 is 34.9 Å². The zero-order valence-corrected chi connectivity index (χ0v) is 24.7. The number of nitrogens with zero attached hydrogens (tertiary/aromatic N) is 5. The maximum absolute atomic E-state index is 14.5. The molecule has 7 rings (SSSR count). The van der Waals surface area contributed by atoms with E-state index in [9.17, 15) is 18.0 Å². The van der Waals surface area contributed by atoms with Gasteiger partial charge in [-0.1, -0.05) is 19.3 Å². The number of halogens is 3. The molecule has 1 aromatic heterocycles. The van der Waals surface area contributed by atoms with Crippen molar-refractivity contribution in [3.63, 3.8) is 0 Å². The van der Waals surface area contributed by atoms with E-state index in [0.717, 1.165) is 61.3 Å². The fraction of sp³-hybridized carbons (Fsp3) is 0.613. The first kappa shape index (κ1) is 29.1. The van der Waals surface area contributed by atoms with Gasteiger partial charge in [0.25, 0.3) is 6.02 Å². The van der Waals surface area contributed by atoms with Gasteiger partial charge in [-0.3, -0.25) is 15.1 Å². The van der Waals surface area contributed by atoms with Crippen LogP contribution in [0.15, 0.2) is 24.3 Å². The number of carbonyl (C=O) groups is 1. The molecule has 3 aliphatic heterocycles. The minimum absolute atomic E-state index is 0.0182. The molecule has 2 aromatic rings. The molecule has 4 heterocycles. The van der Waals surface area contributed by atoms with Crippen molar-refractivity contribution in [2.24, 2.45) is 0 Å². The molecular weight excluding hydrogens is 575 g/mol. The molecule has 2 aliphatic carbocycles. The second kappa shape index (κ2) is 11.4. The van der Waals surface area contributed by atoms with Crippen molar-refractivity contribution in [3.8, 4) is 0 Å². The van der Waals surface area contributed by atoms with Crippen molar-refractivity contribution in [1.82, 2.24) is 14.9 Å². The van der Waals surface area contributed by atoms with Gasteiger partial charge in [-0.05, 0) is 62.8 Å². The molecule has 44 heavy (non-hydrogen) atoms. The third kappa shape index (κ3) is 5.33. The molecule has 2 N–H and O–H groups in total. The van der Waals surface area contributed by atoms with Gasteiger partial charge < -0.3 is 24.6 Å². The van der Waals surface area contributed by atoms with Crippen molar-refractivity contribution in [2.45, 2.75) is 88.1 Å². The summed E-state index contributed by atoms with van der Waals surface area (Å²) in [5, 5.41) is 11.8. The van der Waals surface area contributed by atoms with E-state index >= 15 is 0 Å². The smallest absolute Gasteiger partial charge is 0.408 e. The molecule has 5 aliphatic rings. The summed E-state index contributed by atoms with van der Waals surface area (Å²) < 4.78 is 51.7. The maximum Gasteiger partial charge on any atom is 0.408 e. The lowest BCUT2D eigenvalue weighted by atomic mass is 9.70. The second-order valence-electron chi connectivity index (χ2n) is 12.5. The van der Waals surface area contributed by atoms with Crippen LogP contribution in [-0.2, 0) is 26.3 Å². The normalized spacial score (nSPS) is 23.3. The van der Waals surface area contributed by atoms with Crippen LogP contribution in [0.2, 0.25) is 0 Å². The number of hydrogen-bond donors (Lipinski definition) is 2. The number of benzene rings is 1. The standard InChI is InChI=1S/C31H38F3N7O3/c32-31(33,34)23-5-4-14-40(23)29(35)44-19-24-37-26(36-20-6-7-20)25-27(38-24)41(28(42)30(25)12-2-1-3-13-30)22-10-8-21(9-11-22)39-15-17-43-18-16-39/h8-11,20,23,35H,1-7,12-19H2,(H,36,37,38)/t23-/m1/s1. The summed E-state index contributed by atoms with van der Waals surface area (Å²) in [6.45, 7) is 2.78. The van der Waals surface area contributed by atoms with E-state index in [-0.39, 0.29) is 37.3 Å². The van der Waals surface area contributed by atoms with Crippen LogP contribution in [-0.4, -0.2) is 77.9 Å². The van der Waals surface area contributed by atoms with Gasteiger partial charge in [0.1, 0.15) is 17.7 Å². The highest BCUT2D eigenvalue weighted by Crippen LogP contribution is 2.54. The zero-order chi connectivity index (χ0) is 30.5. The highest BCUT2D eigenvalue weighted by atomic mass is 19.4. The third-order valence-electron chi connectivity index (χ3n) is 9.58. The molecule has 1 amide bonds. The highest BCUT2D eigenvalue weighted by Gasteiger charge is 2.55. The quantitative estimate of drug-likeness (QED) is 0.337. The molecule has 1 atom stereocenters. The summed E-state index contributed by atoms with van der Waals surface area (Å²) in [6.07, 6.45) is 2.15. The summed E-state index contributed by atoms with van der Waals surface area (Å²) in [7, 11) is 0. The summed E-state index contributed by atoms with van der Waals surface area (Å²) in [6, 6.07) is 5.90. The van der Waals surface area contributed by atoms with Crippen LogP contribution in [0, 0.1) is 5.41 Å². The summed E-state index contributed by atoms with van der Waals surface area (Å²) in [4.78, 5) is 29.0. The van der Waals surface area contributed by atoms with Crippen molar-refractivity contribution in [1.29, 1.82) is 5.41 Å². The van der Waals surface area contributed by atoms with Gasteiger partial charge in [-0.15, -0.1) is 0 Å². The molecule has 0 unspecified atom stereocenters. The minimum atomic E-state index is -4.44. The predicted molar refractivity (Wildman–Crippen MR) is 158 cm³/mol. The lowest BCUT2D eigenvalue weighted by Crippen LogP contribution is -2.45. The number of fused-ring (bicyclic) bond motifs is 2. The first-order valence-electron chi connectivity index (χ1n) is 15.7. The molecule has 4 fully saturated rings. The first-order valence-corrected chi connectivity index (χ1v) is 15.7. The number of hydrogen-bond acceptors (Lipinski definition) is 8. The fourth-order valence-corrected chi connectivity index (χ4v) is 7.16. The molecule has 0 radical (unpaired) electrons. The molecule has 0 bridgehead atoms. The number of ether oxygens (including phenoxy) is 2. The molecular formula is C31H38F3N7O3. The second-order valence-corrected chi connectivity index (χ2v) is 12.5. The number of nitrogens with one attached hydrogen (secondary N) is 2. The molecule has 2 saturated carbocycles. The number of morpholine rings is 1. The molecule has 13 heteroatoms. The number of amidine groups is 1. The maximum atomic E-state index is 14.5. The Balaban J connectivity index is 1.23. The van der Waals surface area contributed by atoms with E-state index in [0.29, 0.717) is 49.8 Å². The summed E-state index contributed by atoms with van der Waals surface area (Å²) in [5.41, 5.74) is 1.83. The number of aromatic nitrogens is 2. The van der Waals surface area contributed by atoms with Crippen molar-refractivity contribution in [3.05, 3.63) is 35.7 Å². The summed E-state index contributed by atoms with van der Waals surface area (Å²) in [5.74, 6) is 1.29. The lowest BCUT2D eigenvalue weighted by molar-refractivity contribution is -0.169. The number of likely N-dealkylation sites (tertiary alicyclic amines) is 1. The number of alkyl halides is 3. The predicted octanol–water partition coefficient (Wildman–Crippen LogP) is 5.25. The Morgan fingerprint density at radius 2 is 1.70 bits per heavy atom. The van der Waals surface area contributed by atoms with E-state index in [2.05, 4.69) is 10.2 Å². The van der Waals surface area contributed by atoms with Crippen LogP contribution in [0.3, 0.4) is 0 Å². The molecule has 2 saturated heterocycles. The Morgan fingerprint density at radius 3 is 2.39 bits per heavy atom. The monoisotopic (exact) mass is 613 g/mol. The topological polar surface area (TPSA) is 107 Å². The summed E-state index contributed by atoms with van der Waals surface area (Å²) >= 11 is 0. The SMILES string of the molecule is N=C(OCc1nc(NC2CC2)c2c(n1)N(c1ccc(N3CCOCC3)cc1)C(=O)C21CCCCC1)N1CCC[C@@H]1C(F)(F)F. The van der Waals surface area contributed by atoms with E-state index in [1.54, 1.807) is 4.90 Å². The van der Waals surface area contributed by atoms with E-state index in [1.807, 2.05) is 24.3 Å². The molecule has 1 aromatic carbocycles. The van der Waals surface area contributed by atoms with E-state index in [4.69, 9.17) is 24.9 Å². The average molecular weight is 614 g/mol. The number of anilines is 4.